The van der Waals surface area contributed by atoms with Gasteiger partial charge in [0.15, 0.2) is 0 Å². The molecule has 0 unspecified atom stereocenters. The van der Waals surface area contributed by atoms with Crippen molar-refractivity contribution < 1.29 is 13.6 Å². The van der Waals surface area contributed by atoms with Crippen LogP contribution < -0.4 is 5.73 Å². The van der Waals surface area contributed by atoms with E-state index >= 15 is 0 Å². The van der Waals surface area contributed by atoms with Crippen molar-refractivity contribution in [2.24, 2.45) is 11.1 Å². The van der Waals surface area contributed by atoms with Crippen molar-refractivity contribution in [1.29, 1.82) is 0 Å². The first-order chi connectivity index (χ1) is 4.57. The van der Waals surface area contributed by atoms with Crippen LogP contribution in [0, 0.1) is 5.41 Å². The molecule has 0 spiro atoms. The van der Waals surface area contributed by atoms with Crippen LogP contribution in [0.2, 0.25) is 0 Å². The summed E-state index contributed by atoms with van der Waals surface area (Å²) in [5.41, 5.74) is 3.75. The fourth-order valence-electron chi connectivity index (χ4n) is 0.980. The second kappa shape index (κ2) is 2.18. The van der Waals surface area contributed by atoms with Gasteiger partial charge in [-0.1, -0.05) is 0 Å². The van der Waals surface area contributed by atoms with Gasteiger partial charge in [0, 0.05) is 11.8 Å². The predicted molar refractivity (Wildman–Crippen MR) is 31.5 cm³/mol. The topological polar surface area (TPSA) is 43.1 Å². The summed E-state index contributed by atoms with van der Waals surface area (Å²) in [5, 5.41) is 0. The average Bonchev–Trinajstić information content (AvgIpc) is 2.46. The number of primary amides is 1. The largest absolute Gasteiger partial charge is 0.370 e. The molecule has 1 fully saturated rings. The van der Waals surface area contributed by atoms with Crippen molar-refractivity contribution in [3.8, 4) is 0 Å². The quantitative estimate of drug-likeness (QED) is 0.636. The molecule has 0 aromatic carbocycles. The Balaban J connectivity index is 2.45. The smallest absolute Gasteiger partial charge is 0.244 e. The number of amides is 1. The lowest BCUT2D eigenvalue weighted by Gasteiger charge is -2.09. The van der Waals surface area contributed by atoms with Gasteiger partial charge < -0.3 is 5.73 Å². The molecule has 0 bridgehead atoms. The van der Waals surface area contributed by atoms with Gasteiger partial charge in [-0.25, -0.2) is 8.78 Å². The van der Waals surface area contributed by atoms with Gasteiger partial charge in [-0.3, -0.25) is 4.79 Å². The molecule has 1 aliphatic rings. The molecule has 4 heteroatoms. The van der Waals surface area contributed by atoms with Crippen LogP contribution in [-0.4, -0.2) is 12.3 Å². The van der Waals surface area contributed by atoms with E-state index in [-0.39, 0.29) is 6.42 Å². The summed E-state index contributed by atoms with van der Waals surface area (Å²) >= 11 is 0. The van der Waals surface area contributed by atoms with Gasteiger partial charge >= 0.3 is 0 Å². The Hall–Kier alpha value is -0.670. The number of carbonyl (C=O) groups excluding carboxylic acids is 1. The maximum atomic E-state index is 12.0. The van der Waals surface area contributed by atoms with Crippen LogP contribution in [0.15, 0.2) is 0 Å². The second-order valence-electron chi connectivity index (χ2n) is 2.81. The summed E-state index contributed by atoms with van der Waals surface area (Å²) in [4.78, 5) is 10.2. The molecule has 0 aromatic rings. The molecule has 1 aliphatic carbocycles. The monoisotopic (exact) mass is 149 g/mol. The highest BCUT2D eigenvalue weighted by Gasteiger charge is 2.51. The van der Waals surface area contributed by atoms with Crippen LogP contribution >= 0.6 is 0 Å². The van der Waals surface area contributed by atoms with E-state index < -0.39 is 17.7 Å². The van der Waals surface area contributed by atoms with Crippen LogP contribution in [0.1, 0.15) is 19.3 Å². The van der Waals surface area contributed by atoms with Gasteiger partial charge in [0.1, 0.15) is 0 Å². The first-order valence-corrected chi connectivity index (χ1v) is 3.13. The first kappa shape index (κ1) is 7.44. The van der Waals surface area contributed by atoms with E-state index in [1.807, 2.05) is 0 Å². The van der Waals surface area contributed by atoms with E-state index in [0.29, 0.717) is 12.8 Å². The minimum absolute atomic E-state index is 0.162. The van der Waals surface area contributed by atoms with Gasteiger partial charge in [0.05, 0.1) is 0 Å². The van der Waals surface area contributed by atoms with Crippen LogP contribution in [0.5, 0.6) is 0 Å². The zero-order chi connectivity index (χ0) is 7.78. The van der Waals surface area contributed by atoms with Crippen molar-refractivity contribution in [3.05, 3.63) is 0 Å². The van der Waals surface area contributed by atoms with Crippen LogP contribution in [-0.2, 0) is 4.79 Å². The van der Waals surface area contributed by atoms with E-state index in [2.05, 4.69) is 0 Å². The Bertz CT molecular complexity index is 154. The molecule has 1 amide bonds. The SMILES string of the molecule is NC(=O)CC1(C(F)F)CC1. The van der Waals surface area contributed by atoms with Crippen molar-refractivity contribution in [2.75, 3.05) is 0 Å². The number of hydrogen-bond acceptors (Lipinski definition) is 1. The van der Waals surface area contributed by atoms with Crippen LogP contribution in [0.4, 0.5) is 8.78 Å². The molecule has 58 valence electrons. The first-order valence-electron chi connectivity index (χ1n) is 3.13. The van der Waals surface area contributed by atoms with Gasteiger partial charge in [-0.15, -0.1) is 0 Å². The van der Waals surface area contributed by atoms with Crippen molar-refractivity contribution >= 4 is 5.91 Å². The van der Waals surface area contributed by atoms with Crippen molar-refractivity contribution in [3.63, 3.8) is 0 Å². The number of halogens is 2. The fraction of sp³-hybridized carbons (Fsp3) is 0.833. The Labute approximate surface area is 57.4 Å². The molecule has 1 saturated carbocycles. The highest BCUT2D eigenvalue weighted by atomic mass is 19.3. The van der Waals surface area contributed by atoms with Crippen LogP contribution in [0.3, 0.4) is 0 Å². The van der Waals surface area contributed by atoms with Crippen molar-refractivity contribution in [2.45, 2.75) is 25.7 Å². The lowest BCUT2D eigenvalue weighted by Crippen LogP contribution is -2.22. The third-order valence-electron chi connectivity index (χ3n) is 1.88. The lowest BCUT2D eigenvalue weighted by atomic mass is 10.0. The summed E-state index contributed by atoms with van der Waals surface area (Å²) in [5.74, 6) is -0.627. The molecular weight excluding hydrogens is 140 g/mol. The van der Waals surface area contributed by atoms with Crippen LogP contribution in [0.25, 0.3) is 0 Å². The molecule has 0 heterocycles. The minimum atomic E-state index is -2.39. The summed E-state index contributed by atoms with van der Waals surface area (Å²) in [6, 6.07) is 0. The van der Waals surface area contributed by atoms with Gasteiger partial charge in [-0.05, 0) is 12.8 Å². The summed E-state index contributed by atoms with van der Waals surface area (Å²) in [6.45, 7) is 0. The Morgan fingerprint density at radius 2 is 2.10 bits per heavy atom. The maximum absolute atomic E-state index is 12.0. The minimum Gasteiger partial charge on any atom is -0.370 e. The zero-order valence-corrected chi connectivity index (χ0v) is 5.44. The second-order valence-corrected chi connectivity index (χ2v) is 2.81. The molecule has 10 heavy (non-hydrogen) atoms. The number of hydrogen-bond donors (Lipinski definition) is 1. The summed E-state index contributed by atoms with van der Waals surface area (Å²) in [6.07, 6.45) is -1.67. The molecule has 0 atom stereocenters. The molecular formula is C6H9F2NO. The van der Waals surface area contributed by atoms with E-state index in [0.717, 1.165) is 0 Å². The molecule has 0 saturated heterocycles. The standard InChI is InChI=1S/C6H9F2NO/c7-5(8)6(1-2-6)3-4(9)10/h5H,1-3H2,(H2,9,10). The lowest BCUT2D eigenvalue weighted by molar-refractivity contribution is -0.120. The number of rotatable bonds is 3. The van der Waals surface area contributed by atoms with Gasteiger partial charge in [-0.2, -0.15) is 0 Å². The third kappa shape index (κ3) is 1.25. The predicted octanol–water partition coefficient (Wildman–Crippen LogP) is 0.907. The van der Waals surface area contributed by atoms with Gasteiger partial charge in [0.25, 0.3) is 0 Å². The summed E-state index contributed by atoms with van der Waals surface area (Å²) < 4.78 is 24.1. The molecule has 2 nitrogen and oxygen atoms in total. The fourth-order valence-corrected chi connectivity index (χ4v) is 0.980. The highest BCUT2D eigenvalue weighted by Crippen LogP contribution is 2.53. The third-order valence-corrected chi connectivity index (χ3v) is 1.88. The number of carbonyl (C=O) groups is 1. The summed E-state index contributed by atoms with van der Waals surface area (Å²) in [7, 11) is 0. The molecule has 0 radical (unpaired) electrons. The molecule has 2 N–H and O–H groups in total. The maximum Gasteiger partial charge on any atom is 0.244 e. The number of nitrogens with two attached hydrogens (primary N) is 1. The number of alkyl halides is 2. The Morgan fingerprint density at radius 1 is 1.60 bits per heavy atom. The Morgan fingerprint density at radius 3 is 2.20 bits per heavy atom. The average molecular weight is 149 g/mol. The van der Waals surface area contributed by atoms with E-state index in [1.54, 1.807) is 0 Å². The van der Waals surface area contributed by atoms with E-state index in [9.17, 15) is 13.6 Å². The Kier molecular flexibility index (Phi) is 1.62. The molecule has 0 aliphatic heterocycles. The van der Waals surface area contributed by atoms with Gasteiger partial charge in [0.2, 0.25) is 12.3 Å². The van der Waals surface area contributed by atoms with Crippen molar-refractivity contribution in [1.82, 2.24) is 0 Å². The highest BCUT2D eigenvalue weighted by molar-refractivity contribution is 5.75. The van der Waals surface area contributed by atoms with E-state index in [4.69, 9.17) is 5.73 Å². The molecule has 0 aromatic heterocycles. The zero-order valence-electron chi connectivity index (χ0n) is 5.44. The van der Waals surface area contributed by atoms with E-state index in [1.165, 1.54) is 0 Å². The molecule has 1 rings (SSSR count). The normalized spacial score (nSPS) is 21.1.